The van der Waals surface area contributed by atoms with E-state index in [1.165, 1.54) is 0 Å². The van der Waals surface area contributed by atoms with E-state index in [2.05, 4.69) is 6.92 Å². The molecule has 1 heterocycles. The first kappa shape index (κ1) is 8.97. The van der Waals surface area contributed by atoms with Crippen LogP contribution in [0.5, 0.6) is 0 Å². The van der Waals surface area contributed by atoms with Gasteiger partial charge in [0, 0.05) is 6.42 Å². The van der Waals surface area contributed by atoms with Crippen molar-refractivity contribution in [2.75, 3.05) is 6.79 Å². The third-order valence-electron chi connectivity index (χ3n) is 1.86. The van der Waals surface area contributed by atoms with Crippen molar-refractivity contribution in [3.63, 3.8) is 0 Å². The molecule has 0 aromatic heterocycles. The first-order valence-electron chi connectivity index (χ1n) is 4.24. The SMILES string of the molecule is CCCCC(O)CC1OCO1. The molecule has 0 bridgehead atoms. The molecule has 1 atom stereocenters. The topological polar surface area (TPSA) is 38.7 Å². The van der Waals surface area contributed by atoms with E-state index in [1.54, 1.807) is 0 Å². The quantitative estimate of drug-likeness (QED) is 0.658. The highest BCUT2D eigenvalue weighted by Crippen LogP contribution is 2.15. The number of ether oxygens (including phenoxy) is 2. The average molecular weight is 160 g/mol. The summed E-state index contributed by atoms with van der Waals surface area (Å²) in [4.78, 5) is 0. The van der Waals surface area contributed by atoms with Gasteiger partial charge >= 0.3 is 0 Å². The second-order valence-corrected chi connectivity index (χ2v) is 2.91. The van der Waals surface area contributed by atoms with Gasteiger partial charge in [-0.2, -0.15) is 0 Å². The Morgan fingerprint density at radius 3 is 2.73 bits per heavy atom. The molecule has 66 valence electrons. The van der Waals surface area contributed by atoms with Gasteiger partial charge in [-0.05, 0) is 6.42 Å². The second-order valence-electron chi connectivity index (χ2n) is 2.91. The normalized spacial score (nSPS) is 21.3. The molecule has 3 heteroatoms. The number of unbranched alkanes of at least 4 members (excludes halogenated alkanes) is 1. The molecule has 1 unspecified atom stereocenters. The van der Waals surface area contributed by atoms with Gasteiger partial charge in [0.1, 0.15) is 0 Å². The first-order valence-corrected chi connectivity index (χ1v) is 4.24. The maximum Gasteiger partial charge on any atom is 0.165 e. The molecule has 0 aliphatic carbocycles. The number of aliphatic hydroxyl groups is 1. The minimum absolute atomic E-state index is 0.137. The fourth-order valence-corrected chi connectivity index (χ4v) is 1.08. The Morgan fingerprint density at radius 2 is 2.27 bits per heavy atom. The lowest BCUT2D eigenvalue weighted by molar-refractivity contribution is -0.327. The summed E-state index contributed by atoms with van der Waals surface area (Å²) in [5.41, 5.74) is 0. The van der Waals surface area contributed by atoms with Crippen molar-refractivity contribution in [2.24, 2.45) is 0 Å². The summed E-state index contributed by atoms with van der Waals surface area (Å²) < 4.78 is 10.00. The maximum atomic E-state index is 9.36. The molecule has 1 rings (SSSR count). The molecular formula is C8H16O3. The van der Waals surface area contributed by atoms with Crippen LogP contribution < -0.4 is 0 Å². The summed E-state index contributed by atoms with van der Waals surface area (Å²) in [5, 5.41) is 9.36. The minimum atomic E-state index is -0.250. The van der Waals surface area contributed by atoms with E-state index in [9.17, 15) is 5.11 Å². The Morgan fingerprint density at radius 1 is 1.55 bits per heavy atom. The molecule has 0 aromatic carbocycles. The van der Waals surface area contributed by atoms with Crippen molar-refractivity contribution in [1.82, 2.24) is 0 Å². The molecule has 0 saturated carbocycles. The van der Waals surface area contributed by atoms with Crippen molar-refractivity contribution >= 4 is 0 Å². The highest BCUT2D eigenvalue weighted by molar-refractivity contribution is 4.60. The van der Waals surface area contributed by atoms with Crippen LogP contribution in [0.2, 0.25) is 0 Å². The van der Waals surface area contributed by atoms with E-state index < -0.39 is 0 Å². The first-order chi connectivity index (χ1) is 5.33. The minimum Gasteiger partial charge on any atom is -0.393 e. The van der Waals surface area contributed by atoms with Crippen molar-refractivity contribution in [1.29, 1.82) is 0 Å². The molecule has 1 aliphatic rings. The molecule has 1 fully saturated rings. The Labute approximate surface area is 67.3 Å². The number of aliphatic hydroxyl groups excluding tert-OH is 1. The lowest BCUT2D eigenvalue weighted by Gasteiger charge is -2.28. The molecule has 0 amide bonds. The molecule has 0 radical (unpaired) electrons. The molecule has 11 heavy (non-hydrogen) atoms. The zero-order valence-corrected chi connectivity index (χ0v) is 6.95. The summed E-state index contributed by atoms with van der Waals surface area (Å²) in [5.74, 6) is 0. The van der Waals surface area contributed by atoms with Crippen molar-refractivity contribution in [3.05, 3.63) is 0 Å². The Balaban J connectivity index is 1.95. The standard InChI is InChI=1S/C8H16O3/c1-2-3-4-7(9)5-8-10-6-11-8/h7-9H,2-6H2,1H3. The van der Waals surface area contributed by atoms with Crippen LogP contribution in [0.1, 0.15) is 32.6 Å². The van der Waals surface area contributed by atoms with Gasteiger partial charge in [0.15, 0.2) is 13.1 Å². The molecule has 1 N–H and O–H groups in total. The van der Waals surface area contributed by atoms with Crippen LogP contribution in [-0.4, -0.2) is 24.3 Å². The third-order valence-corrected chi connectivity index (χ3v) is 1.86. The van der Waals surface area contributed by atoms with Gasteiger partial charge in [-0.1, -0.05) is 19.8 Å². The number of hydrogen-bond acceptors (Lipinski definition) is 3. The van der Waals surface area contributed by atoms with Gasteiger partial charge < -0.3 is 14.6 Å². The van der Waals surface area contributed by atoms with E-state index in [0.29, 0.717) is 13.2 Å². The Hall–Kier alpha value is -0.120. The van der Waals surface area contributed by atoms with Crippen LogP contribution in [0, 0.1) is 0 Å². The highest BCUT2D eigenvalue weighted by Gasteiger charge is 2.21. The fraction of sp³-hybridized carbons (Fsp3) is 1.00. The fourth-order valence-electron chi connectivity index (χ4n) is 1.08. The van der Waals surface area contributed by atoms with E-state index >= 15 is 0 Å². The zero-order valence-electron chi connectivity index (χ0n) is 6.95. The summed E-state index contributed by atoms with van der Waals surface area (Å²) in [7, 11) is 0. The Kier molecular flexibility index (Phi) is 3.83. The van der Waals surface area contributed by atoms with Crippen molar-refractivity contribution in [2.45, 2.75) is 45.0 Å². The second kappa shape index (κ2) is 4.70. The zero-order chi connectivity index (χ0) is 8.10. The molecule has 1 aliphatic heterocycles. The van der Waals surface area contributed by atoms with Gasteiger partial charge in [-0.15, -0.1) is 0 Å². The van der Waals surface area contributed by atoms with Gasteiger partial charge in [0.05, 0.1) is 6.10 Å². The van der Waals surface area contributed by atoms with Crippen LogP contribution in [-0.2, 0) is 9.47 Å². The van der Waals surface area contributed by atoms with Crippen molar-refractivity contribution < 1.29 is 14.6 Å². The number of rotatable bonds is 5. The van der Waals surface area contributed by atoms with E-state index in [-0.39, 0.29) is 12.4 Å². The van der Waals surface area contributed by atoms with E-state index in [1.807, 2.05) is 0 Å². The van der Waals surface area contributed by atoms with Gasteiger partial charge in [0.25, 0.3) is 0 Å². The third kappa shape index (κ3) is 3.18. The predicted octanol–water partition coefficient (Wildman–Crippen LogP) is 1.26. The van der Waals surface area contributed by atoms with Gasteiger partial charge in [0.2, 0.25) is 0 Å². The maximum absolute atomic E-state index is 9.36. The average Bonchev–Trinajstić information content (AvgIpc) is 1.93. The van der Waals surface area contributed by atoms with Crippen LogP contribution in [0.4, 0.5) is 0 Å². The van der Waals surface area contributed by atoms with Crippen LogP contribution in [0.25, 0.3) is 0 Å². The van der Waals surface area contributed by atoms with Gasteiger partial charge in [-0.3, -0.25) is 0 Å². The highest BCUT2D eigenvalue weighted by atomic mass is 16.8. The smallest absolute Gasteiger partial charge is 0.165 e. The van der Waals surface area contributed by atoms with Crippen LogP contribution in [0.15, 0.2) is 0 Å². The predicted molar refractivity (Wildman–Crippen MR) is 41.0 cm³/mol. The summed E-state index contributed by atoms with van der Waals surface area (Å²) in [6, 6.07) is 0. The molecule has 0 spiro atoms. The van der Waals surface area contributed by atoms with Crippen molar-refractivity contribution in [3.8, 4) is 0 Å². The summed E-state index contributed by atoms with van der Waals surface area (Å²) >= 11 is 0. The molecule has 0 aromatic rings. The van der Waals surface area contributed by atoms with Crippen LogP contribution >= 0.6 is 0 Å². The van der Waals surface area contributed by atoms with E-state index in [0.717, 1.165) is 19.3 Å². The van der Waals surface area contributed by atoms with Crippen LogP contribution in [0.3, 0.4) is 0 Å². The molecule has 3 nitrogen and oxygen atoms in total. The summed E-state index contributed by atoms with van der Waals surface area (Å²) in [6.07, 6.45) is 3.30. The summed E-state index contributed by atoms with van der Waals surface area (Å²) in [6.45, 7) is 2.51. The molecule has 1 saturated heterocycles. The molecular weight excluding hydrogens is 144 g/mol. The van der Waals surface area contributed by atoms with Gasteiger partial charge in [-0.25, -0.2) is 0 Å². The Bertz CT molecular complexity index is 102. The monoisotopic (exact) mass is 160 g/mol. The lowest BCUT2D eigenvalue weighted by Crippen LogP contribution is -2.33. The largest absolute Gasteiger partial charge is 0.393 e. The van der Waals surface area contributed by atoms with E-state index in [4.69, 9.17) is 9.47 Å². The number of hydrogen-bond donors (Lipinski definition) is 1. The lowest BCUT2D eigenvalue weighted by atomic mass is 10.1.